The molecule has 51 heavy (non-hydrogen) atoms. The largest absolute Gasteiger partial charge is 0.481 e. The Morgan fingerprint density at radius 3 is 2.41 bits per heavy atom. The first-order valence-corrected chi connectivity index (χ1v) is 18.0. The number of halogens is 2. The van der Waals surface area contributed by atoms with E-state index in [-0.39, 0.29) is 17.5 Å². The molecule has 0 radical (unpaired) electrons. The number of hydrogen-bond acceptors (Lipinski definition) is 8. The molecule has 1 atom stereocenters. The zero-order valence-electron chi connectivity index (χ0n) is 28.5. The SMILES string of the molecule is COc1nc(-c2cccc(-c3cccc(-c4cc5c(=O)n(C)c(CNC6CC7(COC7)C6)nn5c4)c3Cl)c2Cl)ccc1CNC[C@@H]1CCC(=O)N1. The first-order valence-electron chi connectivity index (χ1n) is 17.2. The molecule has 0 bridgehead atoms. The highest BCUT2D eigenvalue weighted by molar-refractivity contribution is 6.39. The number of carbonyl (C=O) groups is 1. The Kier molecular flexibility index (Phi) is 9.10. The monoisotopic (exact) mass is 727 g/mol. The Hall–Kier alpha value is -4.26. The van der Waals surface area contributed by atoms with Crippen LogP contribution in [0.2, 0.25) is 10.0 Å². The zero-order chi connectivity index (χ0) is 35.3. The molecule has 1 aliphatic carbocycles. The van der Waals surface area contributed by atoms with Gasteiger partial charge in [-0.2, -0.15) is 5.10 Å². The molecule has 3 fully saturated rings. The number of fused-ring (bicyclic) bond motifs is 1. The molecule has 5 heterocycles. The Balaban J connectivity index is 1.03. The summed E-state index contributed by atoms with van der Waals surface area (Å²) in [7, 11) is 3.36. The Morgan fingerprint density at radius 2 is 1.73 bits per heavy atom. The van der Waals surface area contributed by atoms with Gasteiger partial charge in [-0.25, -0.2) is 9.50 Å². The van der Waals surface area contributed by atoms with E-state index in [1.165, 1.54) is 0 Å². The number of carbonyl (C=O) groups excluding carboxylic acids is 1. The number of aromatic nitrogens is 4. The summed E-state index contributed by atoms with van der Waals surface area (Å²) >= 11 is 14.2. The minimum Gasteiger partial charge on any atom is -0.481 e. The normalized spacial score (nSPS) is 18.2. The number of amides is 1. The number of pyridine rings is 1. The summed E-state index contributed by atoms with van der Waals surface area (Å²) in [5.74, 6) is 1.26. The van der Waals surface area contributed by atoms with Gasteiger partial charge in [0.05, 0.1) is 42.6 Å². The molecule has 2 aromatic carbocycles. The van der Waals surface area contributed by atoms with Gasteiger partial charge >= 0.3 is 0 Å². The number of hydrogen-bond donors (Lipinski definition) is 3. The maximum Gasteiger partial charge on any atom is 0.277 e. The van der Waals surface area contributed by atoms with Crippen molar-refractivity contribution in [2.75, 3.05) is 26.9 Å². The molecule has 3 aliphatic rings. The summed E-state index contributed by atoms with van der Waals surface area (Å²) in [4.78, 5) is 29.8. The summed E-state index contributed by atoms with van der Waals surface area (Å²) < 4.78 is 14.3. The molecular formula is C38H39Cl2N7O4. The van der Waals surface area contributed by atoms with Gasteiger partial charge in [-0.3, -0.25) is 14.2 Å². The standard InChI is InChI=1S/C38H39Cl2N7O4/c1-46-32(18-42-25-14-38(15-25)20-51-21-38)45-47-19-23(13-31(47)37(46)49)26-5-3-6-27(34(26)39)28-7-4-8-29(35(28)40)30-11-9-22(36(44-30)50-2)16-41-17-24-10-12-33(48)43-24/h3-9,11,13,19,24-25,41-42H,10,12,14-18,20-21H2,1-2H3,(H,43,48)/t24-/m0/s1. The van der Waals surface area contributed by atoms with E-state index in [1.807, 2.05) is 60.8 Å². The van der Waals surface area contributed by atoms with Crippen LogP contribution in [0.1, 0.15) is 37.1 Å². The van der Waals surface area contributed by atoms with Gasteiger partial charge in [0, 0.05) is 83.6 Å². The number of ether oxygens (including phenoxy) is 2. The number of nitrogens with zero attached hydrogens (tertiary/aromatic N) is 4. The number of benzene rings is 2. The van der Waals surface area contributed by atoms with Crippen molar-refractivity contribution in [3.05, 3.63) is 92.6 Å². The molecule has 0 unspecified atom stereocenters. The predicted octanol–water partition coefficient (Wildman–Crippen LogP) is 5.38. The second kappa shape index (κ2) is 13.7. The van der Waals surface area contributed by atoms with Gasteiger partial charge in [0.1, 0.15) is 11.3 Å². The third kappa shape index (κ3) is 6.42. The van der Waals surface area contributed by atoms with E-state index in [1.54, 1.807) is 23.2 Å². The minimum atomic E-state index is -0.124. The summed E-state index contributed by atoms with van der Waals surface area (Å²) in [6, 6.07) is 17.9. The fourth-order valence-electron chi connectivity index (χ4n) is 7.51. The topological polar surface area (TPSA) is 124 Å². The zero-order valence-corrected chi connectivity index (χ0v) is 30.0. The highest BCUT2D eigenvalue weighted by Gasteiger charge is 2.49. The van der Waals surface area contributed by atoms with Crippen molar-refractivity contribution in [2.24, 2.45) is 12.5 Å². The molecule has 3 aromatic heterocycles. The van der Waals surface area contributed by atoms with Gasteiger partial charge in [0.25, 0.3) is 5.56 Å². The van der Waals surface area contributed by atoms with Crippen LogP contribution in [-0.4, -0.2) is 64.0 Å². The molecule has 3 N–H and O–H groups in total. The predicted molar refractivity (Wildman–Crippen MR) is 197 cm³/mol. The van der Waals surface area contributed by atoms with Gasteiger partial charge in [-0.05, 0) is 31.4 Å². The van der Waals surface area contributed by atoms with Crippen molar-refractivity contribution in [1.82, 2.24) is 35.1 Å². The molecule has 11 nitrogen and oxygen atoms in total. The maximum absolute atomic E-state index is 13.4. The molecule has 1 amide bonds. The molecule has 8 rings (SSSR count). The van der Waals surface area contributed by atoms with Crippen LogP contribution in [0.15, 0.2) is 65.6 Å². The third-order valence-electron chi connectivity index (χ3n) is 10.5. The third-order valence-corrected chi connectivity index (χ3v) is 11.3. The lowest BCUT2D eigenvalue weighted by molar-refractivity contribution is -0.167. The van der Waals surface area contributed by atoms with Crippen LogP contribution in [0.4, 0.5) is 0 Å². The van der Waals surface area contributed by atoms with E-state index < -0.39 is 0 Å². The van der Waals surface area contributed by atoms with Crippen LogP contribution in [0.3, 0.4) is 0 Å². The summed E-state index contributed by atoms with van der Waals surface area (Å²) in [6.07, 6.45) is 5.44. The lowest BCUT2D eigenvalue weighted by atomic mass is 9.64. The average molecular weight is 729 g/mol. The molecule has 13 heteroatoms. The van der Waals surface area contributed by atoms with E-state index in [9.17, 15) is 9.59 Å². The van der Waals surface area contributed by atoms with E-state index in [0.717, 1.165) is 65.9 Å². The lowest BCUT2D eigenvalue weighted by Crippen LogP contribution is -2.58. The first-order chi connectivity index (χ1) is 24.7. The Bertz CT molecular complexity index is 2200. The van der Waals surface area contributed by atoms with Crippen molar-refractivity contribution in [1.29, 1.82) is 0 Å². The maximum atomic E-state index is 13.4. The van der Waals surface area contributed by atoms with Gasteiger partial charge in [-0.1, -0.05) is 65.7 Å². The molecule has 5 aromatic rings. The second-order valence-electron chi connectivity index (χ2n) is 14.0. The number of nitrogens with one attached hydrogen (secondary N) is 3. The van der Waals surface area contributed by atoms with Crippen LogP contribution >= 0.6 is 23.2 Å². The van der Waals surface area contributed by atoms with Crippen molar-refractivity contribution >= 4 is 34.6 Å². The molecule has 1 saturated carbocycles. The summed E-state index contributed by atoms with van der Waals surface area (Å²) in [5.41, 5.74) is 6.06. The Morgan fingerprint density at radius 1 is 1.00 bits per heavy atom. The molecule has 1 spiro atoms. The fraction of sp³-hybridized carbons (Fsp3) is 0.368. The summed E-state index contributed by atoms with van der Waals surface area (Å²) in [6.45, 7) is 3.43. The molecule has 264 valence electrons. The number of methoxy groups -OCH3 is 1. The molecule has 2 saturated heterocycles. The molecular weight excluding hydrogens is 689 g/mol. The highest BCUT2D eigenvalue weighted by atomic mass is 35.5. The second-order valence-corrected chi connectivity index (χ2v) is 14.7. The van der Waals surface area contributed by atoms with Gasteiger partial charge in [0.2, 0.25) is 11.8 Å². The van der Waals surface area contributed by atoms with Crippen molar-refractivity contribution in [2.45, 2.75) is 50.9 Å². The van der Waals surface area contributed by atoms with Crippen molar-refractivity contribution < 1.29 is 14.3 Å². The summed E-state index contributed by atoms with van der Waals surface area (Å²) in [5, 5.41) is 15.8. The van der Waals surface area contributed by atoms with Crippen molar-refractivity contribution in [3.63, 3.8) is 0 Å². The smallest absolute Gasteiger partial charge is 0.277 e. The van der Waals surface area contributed by atoms with Crippen LogP contribution in [0.25, 0.3) is 39.0 Å². The van der Waals surface area contributed by atoms with E-state index in [2.05, 4.69) is 16.0 Å². The van der Waals surface area contributed by atoms with Crippen LogP contribution in [-0.2, 0) is 29.7 Å². The van der Waals surface area contributed by atoms with E-state index in [0.29, 0.717) is 70.5 Å². The van der Waals surface area contributed by atoms with Crippen LogP contribution < -0.4 is 26.2 Å². The van der Waals surface area contributed by atoms with Gasteiger partial charge in [-0.15, -0.1) is 0 Å². The van der Waals surface area contributed by atoms with Crippen LogP contribution in [0, 0.1) is 5.41 Å². The molecule has 2 aliphatic heterocycles. The fourth-order valence-corrected chi connectivity index (χ4v) is 8.17. The lowest BCUT2D eigenvalue weighted by Gasteiger charge is -2.53. The van der Waals surface area contributed by atoms with E-state index in [4.69, 9.17) is 42.8 Å². The van der Waals surface area contributed by atoms with Gasteiger partial charge < -0.3 is 25.4 Å². The Labute approximate surface area is 305 Å². The van der Waals surface area contributed by atoms with E-state index >= 15 is 0 Å². The van der Waals surface area contributed by atoms with Crippen LogP contribution in [0.5, 0.6) is 5.88 Å². The number of rotatable bonds is 11. The highest BCUT2D eigenvalue weighted by Crippen LogP contribution is 2.47. The quantitative estimate of drug-likeness (QED) is 0.166. The van der Waals surface area contributed by atoms with Gasteiger partial charge in [0.15, 0.2) is 0 Å². The van der Waals surface area contributed by atoms with Crippen molar-refractivity contribution in [3.8, 4) is 39.4 Å². The average Bonchev–Trinajstić information content (AvgIpc) is 3.72. The first kappa shape index (κ1) is 33.9. The minimum absolute atomic E-state index is 0.0970.